The van der Waals surface area contributed by atoms with Gasteiger partial charge in [0.25, 0.3) is 0 Å². The summed E-state index contributed by atoms with van der Waals surface area (Å²) in [6, 6.07) is 0. The van der Waals surface area contributed by atoms with E-state index in [0.29, 0.717) is 0 Å². The summed E-state index contributed by atoms with van der Waals surface area (Å²) in [4.78, 5) is 0. The Kier molecular flexibility index (Phi) is 5.21. The van der Waals surface area contributed by atoms with Crippen LogP contribution in [0.1, 0.15) is 34.1 Å². The second kappa shape index (κ2) is 5.71. The van der Waals surface area contributed by atoms with Crippen molar-refractivity contribution in [3.63, 3.8) is 0 Å². The van der Waals surface area contributed by atoms with Gasteiger partial charge in [-0.3, -0.25) is 0 Å². The zero-order valence-electron chi connectivity index (χ0n) is 10.3. The van der Waals surface area contributed by atoms with E-state index in [1.165, 1.54) is 41.5 Å². The maximum atomic E-state index is 2.88. The SMILES string of the molecule is CC[N]1CCC[N](CC)[Sn]1([CH2]C)[CH2]C. The molecular formula is C11H26N2Sn. The molecule has 0 radical (unpaired) electrons. The van der Waals surface area contributed by atoms with E-state index in [1.54, 1.807) is 0 Å². The van der Waals surface area contributed by atoms with Crippen LogP contribution in [0.3, 0.4) is 0 Å². The summed E-state index contributed by atoms with van der Waals surface area (Å²) in [5.41, 5.74) is 0. The molecule has 3 heteroatoms. The normalized spacial score (nSPS) is 24.0. The first-order valence-electron chi connectivity index (χ1n) is 6.25. The first kappa shape index (κ1) is 12.8. The van der Waals surface area contributed by atoms with Crippen LogP contribution in [0, 0.1) is 0 Å². The molecule has 1 fully saturated rings. The first-order chi connectivity index (χ1) is 6.75. The number of hydrogen-bond donors (Lipinski definition) is 0. The van der Waals surface area contributed by atoms with Crippen LogP contribution >= 0.6 is 0 Å². The van der Waals surface area contributed by atoms with Gasteiger partial charge in [0.15, 0.2) is 0 Å². The Hall–Kier alpha value is 0.719. The summed E-state index contributed by atoms with van der Waals surface area (Å²) in [7, 11) is 0. The van der Waals surface area contributed by atoms with Crippen LogP contribution in [0.5, 0.6) is 0 Å². The zero-order valence-corrected chi connectivity index (χ0v) is 13.2. The molecule has 0 aromatic rings. The standard InChI is InChI=1S/C7H16N2.2C2H5.Sn/c1-3-8-6-5-7-9-4-2;2*1-2;/h3-7H2,1-2H3;2*1H2,2H3;/q-2;;;+2. The van der Waals surface area contributed by atoms with Crippen LogP contribution in [0.4, 0.5) is 0 Å². The molecule has 0 atom stereocenters. The monoisotopic (exact) mass is 306 g/mol. The molecule has 1 aliphatic rings. The zero-order chi connectivity index (χ0) is 10.6. The van der Waals surface area contributed by atoms with Crippen LogP contribution in [0.15, 0.2) is 0 Å². The van der Waals surface area contributed by atoms with Gasteiger partial charge in [-0.05, 0) is 0 Å². The Morgan fingerprint density at radius 3 is 1.57 bits per heavy atom. The third kappa shape index (κ3) is 2.12. The molecular weight excluding hydrogens is 279 g/mol. The van der Waals surface area contributed by atoms with Gasteiger partial charge >= 0.3 is 94.3 Å². The minimum absolute atomic E-state index is 1.29. The second-order valence-electron chi connectivity index (χ2n) is 4.20. The Balaban J connectivity index is 2.86. The van der Waals surface area contributed by atoms with Gasteiger partial charge in [-0.1, -0.05) is 0 Å². The molecule has 0 saturated carbocycles. The third-order valence-corrected chi connectivity index (χ3v) is 20.2. The van der Waals surface area contributed by atoms with Gasteiger partial charge in [0.2, 0.25) is 0 Å². The Bertz CT molecular complexity index is 155. The van der Waals surface area contributed by atoms with Gasteiger partial charge in [-0.15, -0.1) is 0 Å². The van der Waals surface area contributed by atoms with Crippen LogP contribution in [0.2, 0.25) is 8.87 Å². The van der Waals surface area contributed by atoms with Crippen molar-refractivity contribution >= 4 is 18.9 Å². The van der Waals surface area contributed by atoms with E-state index in [4.69, 9.17) is 0 Å². The van der Waals surface area contributed by atoms with Crippen molar-refractivity contribution in [2.24, 2.45) is 0 Å². The number of hydrogen-bond acceptors (Lipinski definition) is 2. The Labute approximate surface area is 94.2 Å². The van der Waals surface area contributed by atoms with Crippen LogP contribution in [0.25, 0.3) is 0 Å². The van der Waals surface area contributed by atoms with Crippen LogP contribution < -0.4 is 0 Å². The van der Waals surface area contributed by atoms with Gasteiger partial charge in [0.05, 0.1) is 0 Å². The summed E-state index contributed by atoms with van der Waals surface area (Å²) < 4.78 is 8.68. The van der Waals surface area contributed by atoms with Gasteiger partial charge < -0.3 is 0 Å². The van der Waals surface area contributed by atoms with Crippen molar-refractivity contribution in [3.05, 3.63) is 0 Å². The van der Waals surface area contributed by atoms with Crippen LogP contribution in [-0.2, 0) is 0 Å². The average molecular weight is 305 g/mol. The summed E-state index contributed by atoms with van der Waals surface area (Å²) in [5, 5.41) is 0. The molecule has 0 N–H and O–H groups in total. The Morgan fingerprint density at radius 1 is 0.857 bits per heavy atom. The fraction of sp³-hybridized carbons (Fsp3) is 1.00. The molecule has 1 heterocycles. The van der Waals surface area contributed by atoms with Crippen molar-refractivity contribution in [2.45, 2.75) is 43.0 Å². The summed E-state index contributed by atoms with van der Waals surface area (Å²) >= 11 is -2.03. The summed E-state index contributed by atoms with van der Waals surface area (Å²) in [6.07, 6.45) is 1.39. The second-order valence-corrected chi connectivity index (χ2v) is 17.5. The predicted octanol–water partition coefficient (Wildman–Crippen LogP) is 2.52. The summed E-state index contributed by atoms with van der Waals surface area (Å²) in [6.45, 7) is 14.9. The molecule has 84 valence electrons. The molecule has 1 aliphatic heterocycles. The van der Waals surface area contributed by atoms with Crippen LogP contribution in [-0.4, -0.2) is 51.3 Å². The quantitative estimate of drug-likeness (QED) is 0.737. The molecule has 0 aromatic carbocycles. The minimum atomic E-state index is -2.03. The van der Waals surface area contributed by atoms with E-state index in [2.05, 4.69) is 33.9 Å². The molecule has 2 nitrogen and oxygen atoms in total. The van der Waals surface area contributed by atoms with Crippen molar-refractivity contribution in [1.29, 1.82) is 0 Å². The van der Waals surface area contributed by atoms with Crippen molar-refractivity contribution in [2.75, 3.05) is 26.2 Å². The predicted molar refractivity (Wildman–Crippen MR) is 65.8 cm³/mol. The number of nitrogens with zero attached hydrogens (tertiary/aromatic N) is 2. The molecule has 1 rings (SSSR count). The molecule has 0 bridgehead atoms. The van der Waals surface area contributed by atoms with Gasteiger partial charge in [-0.2, -0.15) is 0 Å². The summed E-state index contributed by atoms with van der Waals surface area (Å²) in [5.74, 6) is 0. The van der Waals surface area contributed by atoms with Crippen molar-refractivity contribution in [3.8, 4) is 0 Å². The molecule has 0 amide bonds. The first-order valence-corrected chi connectivity index (χ1v) is 12.8. The number of rotatable bonds is 4. The molecule has 14 heavy (non-hydrogen) atoms. The molecule has 0 aromatic heterocycles. The van der Waals surface area contributed by atoms with Crippen molar-refractivity contribution < 1.29 is 0 Å². The van der Waals surface area contributed by atoms with E-state index < -0.39 is 18.9 Å². The molecule has 0 aliphatic carbocycles. The van der Waals surface area contributed by atoms with Crippen molar-refractivity contribution in [1.82, 2.24) is 6.24 Å². The fourth-order valence-electron chi connectivity index (χ4n) is 3.12. The van der Waals surface area contributed by atoms with Gasteiger partial charge in [-0.25, -0.2) is 0 Å². The third-order valence-electron chi connectivity index (χ3n) is 3.93. The van der Waals surface area contributed by atoms with E-state index in [0.717, 1.165) is 0 Å². The molecule has 0 spiro atoms. The van der Waals surface area contributed by atoms with E-state index in [9.17, 15) is 0 Å². The molecule has 1 saturated heterocycles. The van der Waals surface area contributed by atoms with Gasteiger partial charge in [0, 0.05) is 0 Å². The molecule has 0 unspecified atom stereocenters. The fourth-order valence-corrected chi connectivity index (χ4v) is 17.4. The Morgan fingerprint density at radius 2 is 1.29 bits per heavy atom. The van der Waals surface area contributed by atoms with Gasteiger partial charge in [0.1, 0.15) is 0 Å². The van der Waals surface area contributed by atoms with E-state index in [1.807, 2.05) is 0 Å². The topological polar surface area (TPSA) is 6.48 Å². The maximum absolute atomic E-state index is 2.88. The average Bonchev–Trinajstić information content (AvgIpc) is 2.27. The van der Waals surface area contributed by atoms with E-state index in [-0.39, 0.29) is 0 Å². The van der Waals surface area contributed by atoms with E-state index >= 15 is 0 Å².